The van der Waals surface area contributed by atoms with Crippen LogP contribution in [0.1, 0.15) is 13.3 Å². The SMILES string of the molecule is CCN(CC1CCOC1)S(=O)(=O)c1c(Br)cc(N)cc1Br. The molecular weight excluding hydrogens is 424 g/mol. The summed E-state index contributed by atoms with van der Waals surface area (Å²) in [5.41, 5.74) is 6.23. The highest BCUT2D eigenvalue weighted by Gasteiger charge is 2.31. The van der Waals surface area contributed by atoms with Crippen molar-refractivity contribution in [3.05, 3.63) is 21.1 Å². The Balaban J connectivity index is 2.35. The van der Waals surface area contributed by atoms with Crippen molar-refractivity contribution in [3.8, 4) is 0 Å². The number of hydrogen-bond donors (Lipinski definition) is 1. The topological polar surface area (TPSA) is 72.6 Å². The number of nitrogen functional groups attached to an aromatic ring is 1. The van der Waals surface area contributed by atoms with Crippen molar-refractivity contribution in [2.24, 2.45) is 5.92 Å². The van der Waals surface area contributed by atoms with Crippen molar-refractivity contribution in [3.63, 3.8) is 0 Å². The van der Waals surface area contributed by atoms with E-state index >= 15 is 0 Å². The van der Waals surface area contributed by atoms with Gasteiger partial charge in [0.15, 0.2) is 0 Å². The number of rotatable bonds is 5. The lowest BCUT2D eigenvalue weighted by Crippen LogP contribution is -2.35. The Morgan fingerprint density at radius 3 is 2.48 bits per heavy atom. The third-order valence-corrected chi connectivity index (χ3v) is 7.28. The predicted molar refractivity (Wildman–Crippen MR) is 89.6 cm³/mol. The van der Waals surface area contributed by atoms with E-state index in [-0.39, 0.29) is 10.8 Å². The molecule has 0 bridgehead atoms. The highest BCUT2D eigenvalue weighted by molar-refractivity contribution is 9.11. The second kappa shape index (κ2) is 6.95. The molecule has 1 atom stereocenters. The Labute approximate surface area is 142 Å². The molecule has 0 spiro atoms. The summed E-state index contributed by atoms with van der Waals surface area (Å²) in [6.45, 7) is 4.06. The first-order chi connectivity index (χ1) is 9.86. The van der Waals surface area contributed by atoms with Crippen molar-refractivity contribution >= 4 is 47.6 Å². The molecule has 0 radical (unpaired) electrons. The van der Waals surface area contributed by atoms with Gasteiger partial charge in [-0.25, -0.2) is 8.42 Å². The van der Waals surface area contributed by atoms with E-state index in [9.17, 15) is 8.42 Å². The summed E-state index contributed by atoms with van der Waals surface area (Å²) in [4.78, 5) is 0.220. The van der Waals surface area contributed by atoms with Gasteiger partial charge in [-0.05, 0) is 56.3 Å². The molecule has 1 saturated heterocycles. The third-order valence-electron chi connectivity index (χ3n) is 3.46. The van der Waals surface area contributed by atoms with Crippen LogP contribution in [0.3, 0.4) is 0 Å². The number of halogens is 2. The minimum Gasteiger partial charge on any atom is -0.399 e. The van der Waals surface area contributed by atoms with E-state index in [4.69, 9.17) is 10.5 Å². The van der Waals surface area contributed by atoms with E-state index in [1.54, 1.807) is 12.1 Å². The van der Waals surface area contributed by atoms with Crippen LogP contribution in [0.25, 0.3) is 0 Å². The van der Waals surface area contributed by atoms with Gasteiger partial charge in [0.05, 0.1) is 6.61 Å². The second-order valence-electron chi connectivity index (χ2n) is 5.00. The van der Waals surface area contributed by atoms with Crippen molar-refractivity contribution in [1.82, 2.24) is 4.31 Å². The predicted octanol–water partition coefficient (Wildman–Crippen LogP) is 2.84. The quantitative estimate of drug-likeness (QED) is 0.713. The molecule has 2 rings (SSSR count). The van der Waals surface area contributed by atoms with Gasteiger partial charge < -0.3 is 10.5 Å². The molecule has 1 fully saturated rings. The Hall–Kier alpha value is -0.150. The number of nitrogens with zero attached hydrogens (tertiary/aromatic N) is 1. The number of hydrogen-bond acceptors (Lipinski definition) is 4. The maximum atomic E-state index is 12.9. The fourth-order valence-electron chi connectivity index (χ4n) is 2.37. The molecule has 1 heterocycles. The molecule has 21 heavy (non-hydrogen) atoms. The summed E-state index contributed by atoms with van der Waals surface area (Å²) in [5, 5.41) is 0. The van der Waals surface area contributed by atoms with Crippen LogP contribution in [0.5, 0.6) is 0 Å². The van der Waals surface area contributed by atoms with Crippen LogP contribution in [-0.2, 0) is 14.8 Å². The number of ether oxygens (including phenoxy) is 1. The standard InChI is InChI=1S/C13H18Br2N2O3S/c1-2-17(7-9-3-4-20-8-9)21(18,19)13-11(14)5-10(16)6-12(13)15/h5-6,9H,2-4,7-8,16H2,1H3. The van der Waals surface area contributed by atoms with E-state index in [1.807, 2.05) is 6.92 Å². The Bertz CT molecular complexity index is 593. The molecule has 1 aliphatic heterocycles. The van der Waals surface area contributed by atoms with Gasteiger partial charge in [0.2, 0.25) is 10.0 Å². The first-order valence-corrected chi connectivity index (χ1v) is 9.71. The highest BCUT2D eigenvalue weighted by Crippen LogP contribution is 2.34. The number of anilines is 1. The normalized spacial score (nSPS) is 19.3. The van der Waals surface area contributed by atoms with Crippen molar-refractivity contribution in [2.75, 3.05) is 32.0 Å². The minimum absolute atomic E-state index is 0.220. The van der Waals surface area contributed by atoms with Crippen LogP contribution < -0.4 is 5.73 Å². The molecule has 1 aromatic rings. The van der Waals surface area contributed by atoms with Crippen LogP contribution in [0.2, 0.25) is 0 Å². The van der Waals surface area contributed by atoms with Gasteiger partial charge in [-0.15, -0.1) is 0 Å². The zero-order chi connectivity index (χ0) is 15.6. The lowest BCUT2D eigenvalue weighted by Gasteiger charge is -2.24. The molecule has 1 unspecified atom stereocenters. The van der Waals surface area contributed by atoms with Crippen LogP contribution in [0.4, 0.5) is 5.69 Å². The van der Waals surface area contributed by atoms with E-state index in [0.717, 1.165) is 6.42 Å². The largest absolute Gasteiger partial charge is 0.399 e. The summed E-state index contributed by atoms with van der Waals surface area (Å²) in [6.07, 6.45) is 0.899. The van der Waals surface area contributed by atoms with E-state index < -0.39 is 10.0 Å². The third kappa shape index (κ3) is 3.79. The number of nitrogens with two attached hydrogens (primary N) is 1. The lowest BCUT2D eigenvalue weighted by atomic mass is 10.1. The molecule has 0 amide bonds. The first kappa shape index (κ1) is 17.2. The highest BCUT2D eigenvalue weighted by atomic mass is 79.9. The summed E-state index contributed by atoms with van der Waals surface area (Å²) >= 11 is 6.61. The zero-order valence-electron chi connectivity index (χ0n) is 11.7. The molecule has 0 saturated carbocycles. The molecular formula is C13H18Br2N2O3S. The summed E-state index contributed by atoms with van der Waals surface area (Å²) in [6, 6.07) is 3.20. The van der Waals surface area contributed by atoms with E-state index in [1.165, 1.54) is 4.31 Å². The molecule has 1 aromatic carbocycles. The van der Waals surface area contributed by atoms with Gasteiger partial charge in [0.25, 0.3) is 0 Å². The van der Waals surface area contributed by atoms with Gasteiger partial charge in [-0.1, -0.05) is 6.92 Å². The average molecular weight is 442 g/mol. The van der Waals surface area contributed by atoms with E-state index in [0.29, 0.717) is 40.9 Å². The first-order valence-electron chi connectivity index (χ1n) is 6.68. The number of benzene rings is 1. The molecule has 8 heteroatoms. The molecule has 0 aliphatic carbocycles. The van der Waals surface area contributed by atoms with Crippen molar-refractivity contribution in [1.29, 1.82) is 0 Å². The molecule has 5 nitrogen and oxygen atoms in total. The molecule has 118 valence electrons. The van der Waals surface area contributed by atoms with Gasteiger partial charge in [-0.3, -0.25) is 0 Å². The Kier molecular flexibility index (Phi) is 5.70. The lowest BCUT2D eigenvalue weighted by molar-refractivity contribution is 0.181. The maximum absolute atomic E-state index is 12.9. The monoisotopic (exact) mass is 440 g/mol. The van der Waals surface area contributed by atoms with Gasteiger partial charge in [0, 0.05) is 34.3 Å². The smallest absolute Gasteiger partial charge is 0.245 e. The van der Waals surface area contributed by atoms with Crippen molar-refractivity contribution < 1.29 is 13.2 Å². The maximum Gasteiger partial charge on any atom is 0.245 e. The van der Waals surface area contributed by atoms with Gasteiger partial charge in [0.1, 0.15) is 4.90 Å². The van der Waals surface area contributed by atoms with Crippen LogP contribution >= 0.6 is 31.9 Å². The van der Waals surface area contributed by atoms with Crippen LogP contribution in [0, 0.1) is 5.92 Å². The van der Waals surface area contributed by atoms with Crippen LogP contribution in [-0.4, -0.2) is 39.0 Å². The molecule has 0 aromatic heterocycles. The van der Waals surface area contributed by atoms with Crippen LogP contribution in [0.15, 0.2) is 26.0 Å². The summed E-state index contributed by atoms with van der Waals surface area (Å²) in [7, 11) is -3.59. The Morgan fingerprint density at radius 2 is 2.00 bits per heavy atom. The van der Waals surface area contributed by atoms with E-state index in [2.05, 4.69) is 31.9 Å². The minimum atomic E-state index is -3.59. The molecule has 1 aliphatic rings. The summed E-state index contributed by atoms with van der Waals surface area (Å²) < 4.78 is 33.5. The Morgan fingerprint density at radius 1 is 1.38 bits per heavy atom. The molecule has 2 N–H and O–H groups in total. The fraction of sp³-hybridized carbons (Fsp3) is 0.538. The zero-order valence-corrected chi connectivity index (χ0v) is 15.7. The number of sulfonamides is 1. The fourth-order valence-corrected chi connectivity index (χ4v) is 6.43. The average Bonchev–Trinajstić information content (AvgIpc) is 2.86. The second-order valence-corrected chi connectivity index (χ2v) is 8.58. The van der Waals surface area contributed by atoms with Gasteiger partial charge >= 0.3 is 0 Å². The summed E-state index contributed by atoms with van der Waals surface area (Å²) in [5.74, 6) is 0.256. The van der Waals surface area contributed by atoms with Crippen molar-refractivity contribution in [2.45, 2.75) is 18.2 Å². The van der Waals surface area contributed by atoms with Gasteiger partial charge in [-0.2, -0.15) is 4.31 Å².